The number of carbonyl (C=O) groups is 3. The minimum Gasteiger partial charge on any atom is -0.298 e. The number of carbonyl (C=O) groups excluding carboxylic acids is 3. The lowest BCUT2D eigenvalue weighted by Crippen LogP contribution is -2.05. The largest absolute Gasteiger partial charge is 0.298 e. The second kappa shape index (κ2) is 3.91. The third kappa shape index (κ3) is 2.10. The molecule has 0 aliphatic rings. The zero-order valence-corrected chi connectivity index (χ0v) is 7.90. The zero-order valence-electron chi connectivity index (χ0n) is 7.90. The highest BCUT2D eigenvalue weighted by molar-refractivity contribution is 5.98. The van der Waals surface area contributed by atoms with Crippen LogP contribution in [0.15, 0.2) is 12.1 Å². The van der Waals surface area contributed by atoms with Gasteiger partial charge in [0.2, 0.25) is 0 Å². The Morgan fingerprint density at radius 1 is 1.14 bits per heavy atom. The lowest BCUT2D eigenvalue weighted by atomic mass is 10.1. The standard InChI is InChI=1S/C10H9NO3/c1-6(13)9-3-8(5-12)4-10(11-9)7(2)14/h3-5H,1-2H3. The molecule has 0 unspecified atom stereocenters. The lowest BCUT2D eigenvalue weighted by molar-refractivity contribution is 0.101. The van der Waals surface area contributed by atoms with Crippen molar-refractivity contribution >= 4 is 17.9 Å². The Morgan fingerprint density at radius 2 is 1.57 bits per heavy atom. The maximum Gasteiger partial charge on any atom is 0.178 e. The third-order valence-electron chi connectivity index (χ3n) is 1.71. The van der Waals surface area contributed by atoms with Crippen LogP contribution < -0.4 is 0 Å². The molecule has 4 nitrogen and oxygen atoms in total. The summed E-state index contributed by atoms with van der Waals surface area (Å²) in [7, 11) is 0. The number of hydrogen-bond donors (Lipinski definition) is 0. The fourth-order valence-corrected chi connectivity index (χ4v) is 0.980. The van der Waals surface area contributed by atoms with Gasteiger partial charge in [0.25, 0.3) is 0 Å². The molecule has 0 atom stereocenters. The number of rotatable bonds is 3. The van der Waals surface area contributed by atoms with Crippen LogP contribution in [0.4, 0.5) is 0 Å². The van der Waals surface area contributed by atoms with Gasteiger partial charge in [-0.2, -0.15) is 0 Å². The molecule has 4 heteroatoms. The van der Waals surface area contributed by atoms with E-state index in [1.165, 1.54) is 26.0 Å². The van der Waals surface area contributed by atoms with Crippen molar-refractivity contribution in [3.63, 3.8) is 0 Å². The highest BCUT2D eigenvalue weighted by Crippen LogP contribution is 2.05. The first kappa shape index (κ1) is 10.2. The molecule has 0 N–H and O–H groups in total. The summed E-state index contributed by atoms with van der Waals surface area (Å²) in [4.78, 5) is 36.3. The van der Waals surface area contributed by atoms with Gasteiger partial charge in [-0.1, -0.05) is 0 Å². The van der Waals surface area contributed by atoms with Crippen molar-refractivity contribution in [3.05, 3.63) is 29.1 Å². The number of hydrogen-bond acceptors (Lipinski definition) is 4. The summed E-state index contributed by atoms with van der Waals surface area (Å²) in [5.74, 6) is -0.535. The van der Waals surface area contributed by atoms with Crippen LogP contribution in [0.25, 0.3) is 0 Å². The summed E-state index contributed by atoms with van der Waals surface area (Å²) in [6.07, 6.45) is 0.584. The molecule has 1 heterocycles. The van der Waals surface area contributed by atoms with E-state index in [4.69, 9.17) is 0 Å². The van der Waals surface area contributed by atoms with Crippen molar-refractivity contribution < 1.29 is 14.4 Å². The van der Waals surface area contributed by atoms with Crippen molar-refractivity contribution in [2.45, 2.75) is 13.8 Å². The van der Waals surface area contributed by atoms with Gasteiger partial charge in [0.05, 0.1) is 0 Å². The van der Waals surface area contributed by atoms with Gasteiger partial charge >= 0.3 is 0 Å². The quantitative estimate of drug-likeness (QED) is 0.533. The van der Waals surface area contributed by atoms with E-state index >= 15 is 0 Å². The molecule has 72 valence electrons. The Balaban J connectivity index is 3.34. The number of ketones is 2. The SMILES string of the molecule is CC(=O)c1cc(C=O)cc(C(C)=O)n1. The smallest absolute Gasteiger partial charge is 0.178 e. The summed E-state index contributed by atoms with van der Waals surface area (Å²) in [5, 5.41) is 0. The molecule has 1 rings (SSSR count). The van der Waals surface area contributed by atoms with Crippen molar-refractivity contribution in [2.75, 3.05) is 0 Å². The fourth-order valence-electron chi connectivity index (χ4n) is 0.980. The molecular weight excluding hydrogens is 182 g/mol. The molecule has 0 aliphatic heterocycles. The highest BCUT2D eigenvalue weighted by Gasteiger charge is 2.08. The first-order chi connectivity index (χ1) is 6.54. The summed E-state index contributed by atoms with van der Waals surface area (Å²) in [6, 6.07) is 2.73. The zero-order chi connectivity index (χ0) is 10.7. The Bertz CT molecular complexity index is 378. The van der Waals surface area contributed by atoms with Gasteiger partial charge in [0.1, 0.15) is 17.7 Å². The molecule has 0 aliphatic carbocycles. The second-order valence-corrected chi connectivity index (χ2v) is 2.90. The van der Waals surface area contributed by atoms with Gasteiger partial charge in [0, 0.05) is 19.4 Å². The molecule has 1 aromatic heterocycles. The number of Topliss-reactive ketones (excluding diaryl/α,β-unsaturated/α-hetero) is 2. The van der Waals surface area contributed by atoms with Gasteiger partial charge in [0.15, 0.2) is 11.6 Å². The van der Waals surface area contributed by atoms with Gasteiger partial charge < -0.3 is 0 Å². The minimum absolute atomic E-state index is 0.139. The van der Waals surface area contributed by atoms with Gasteiger partial charge in [-0.3, -0.25) is 14.4 Å². The number of pyridine rings is 1. The van der Waals surface area contributed by atoms with Gasteiger partial charge in [-0.25, -0.2) is 4.98 Å². The van der Waals surface area contributed by atoms with Gasteiger partial charge in [-0.05, 0) is 12.1 Å². The molecule has 0 spiro atoms. The maximum atomic E-state index is 11.0. The molecular formula is C10H9NO3. The fraction of sp³-hybridized carbons (Fsp3) is 0.200. The number of aromatic nitrogens is 1. The lowest BCUT2D eigenvalue weighted by Gasteiger charge is -2.00. The molecule has 0 saturated heterocycles. The minimum atomic E-state index is -0.267. The Hall–Kier alpha value is -1.84. The van der Waals surface area contributed by atoms with E-state index in [0.717, 1.165) is 0 Å². The van der Waals surface area contributed by atoms with Crippen LogP contribution in [0.2, 0.25) is 0 Å². The van der Waals surface area contributed by atoms with E-state index in [1.807, 2.05) is 0 Å². The Kier molecular flexibility index (Phi) is 2.86. The number of nitrogens with zero attached hydrogens (tertiary/aromatic N) is 1. The first-order valence-corrected chi connectivity index (χ1v) is 4.03. The van der Waals surface area contributed by atoms with E-state index in [0.29, 0.717) is 6.29 Å². The van der Waals surface area contributed by atoms with Crippen molar-refractivity contribution in [1.82, 2.24) is 4.98 Å². The van der Waals surface area contributed by atoms with Crippen LogP contribution in [0.1, 0.15) is 45.2 Å². The molecule has 0 saturated carbocycles. The summed E-state index contributed by atoms with van der Waals surface area (Å²) < 4.78 is 0. The average Bonchev–Trinajstić information content (AvgIpc) is 2.16. The molecule has 0 bridgehead atoms. The van der Waals surface area contributed by atoms with Crippen molar-refractivity contribution in [3.8, 4) is 0 Å². The second-order valence-electron chi connectivity index (χ2n) is 2.90. The predicted octanol–water partition coefficient (Wildman–Crippen LogP) is 1.30. The molecule has 1 aromatic rings. The normalized spacial score (nSPS) is 9.57. The maximum absolute atomic E-state index is 11.0. The van der Waals surface area contributed by atoms with Gasteiger partial charge in [-0.15, -0.1) is 0 Å². The van der Waals surface area contributed by atoms with Crippen LogP contribution in [0, 0.1) is 0 Å². The molecule has 0 amide bonds. The van der Waals surface area contributed by atoms with E-state index < -0.39 is 0 Å². The highest BCUT2D eigenvalue weighted by atomic mass is 16.1. The van der Waals surface area contributed by atoms with E-state index in [1.54, 1.807) is 0 Å². The summed E-state index contributed by atoms with van der Waals surface area (Å²) >= 11 is 0. The van der Waals surface area contributed by atoms with Crippen molar-refractivity contribution in [1.29, 1.82) is 0 Å². The predicted molar refractivity (Wildman–Crippen MR) is 49.6 cm³/mol. The van der Waals surface area contributed by atoms with Crippen LogP contribution in [0.5, 0.6) is 0 Å². The Labute approximate surface area is 81.0 Å². The third-order valence-corrected chi connectivity index (χ3v) is 1.71. The Morgan fingerprint density at radius 3 is 1.86 bits per heavy atom. The van der Waals surface area contributed by atoms with E-state index in [-0.39, 0.29) is 28.5 Å². The molecule has 0 radical (unpaired) electrons. The van der Waals surface area contributed by atoms with Crippen LogP contribution >= 0.6 is 0 Å². The first-order valence-electron chi connectivity index (χ1n) is 4.03. The van der Waals surface area contributed by atoms with Crippen LogP contribution in [-0.4, -0.2) is 22.8 Å². The van der Waals surface area contributed by atoms with Crippen LogP contribution in [-0.2, 0) is 0 Å². The average molecular weight is 191 g/mol. The topological polar surface area (TPSA) is 64.1 Å². The summed E-state index contributed by atoms with van der Waals surface area (Å²) in [6.45, 7) is 2.67. The van der Waals surface area contributed by atoms with E-state index in [2.05, 4.69) is 4.98 Å². The molecule has 0 aromatic carbocycles. The molecule has 14 heavy (non-hydrogen) atoms. The monoisotopic (exact) mass is 191 g/mol. The number of aldehydes is 1. The van der Waals surface area contributed by atoms with Crippen LogP contribution in [0.3, 0.4) is 0 Å². The van der Waals surface area contributed by atoms with E-state index in [9.17, 15) is 14.4 Å². The summed E-state index contributed by atoms with van der Waals surface area (Å²) in [5.41, 5.74) is 0.565. The molecule has 0 fully saturated rings. The van der Waals surface area contributed by atoms with Crippen molar-refractivity contribution in [2.24, 2.45) is 0 Å².